The first-order valence-corrected chi connectivity index (χ1v) is 2.31. The molecule has 0 aromatic carbocycles. The topological polar surface area (TPSA) is 0 Å². The quantitative estimate of drug-likeness (QED) is 0.365. The molecule has 0 radical (unpaired) electrons. The van der Waals surface area contributed by atoms with Crippen LogP contribution in [0.1, 0.15) is 0 Å². The molecule has 0 unspecified atom stereocenters. The van der Waals surface area contributed by atoms with Gasteiger partial charge in [-0.1, -0.05) is 0 Å². The Labute approximate surface area is 30.4 Å². The van der Waals surface area contributed by atoms with Gasteiger partial charge in [-0.2, -0.15) is 0 Å². The number of hydrogen-bond donors (Lipinski definition) is 0. The minimum absolute atomic E-state index is 1.24. The molecule has 0 atom stereocenters. The van der Waals surface area contributed by atoms with Crippen molar-refractivity contribution in [1.82, 2.24) is 0 Å². The van der Waals surface area contributed by atoms with Crippen LogP contribution in [0.25, 0.3) is 0 Å². The zero-order valence-electron chi connectivity index (χ0n) is 2.27. The van der Waals surface area contributed by atoms with Crippen LogP contribution in [0.3, 0.4) is 0 Å². The Bertz CT molecular complexity index is 35.3. The third kappa shape index (κ3) is 0.205. The molecule has 0 spiro atoms. The van der Waals surface area contributed by atoms with Gasteiger partial charge >= 0.3 is 29.5 Å². The zero-order chi connectivity index (χ0) is 2.83. The molecule has 0 nitrogen and oxygen atoms in total. The SMILES string of the molecule is B1=CCS1. The normalized spacial score (nSPS) is 18.0. The summed E-state index contributed by atoms with van der Waals surface area (Å²) in [5, 5.41) is 0. The molecular weight excluding hydrogens is 66.9 g/mol. The van der Waals surface area contributed by atoms with Gasteiger partial charge in [-0.05, 0) is 0 Å². The van der Waals surface area contributed by atoms with E-state index >= 15 is 0 Å². The van der Waals surface area contributed by atoms with Gasteiger partial charge in [0, 0.05) is 0 Å². The van der Waals surface area contributed by atoms with Gasteiger partial charge in [0.1, 0.15) is 0 Å². The molecule has 0 amide bonds. The fraction of sp³-hybridized carbons (Fsp3) is 0.500. The molecule has 0 fully saturated rings. The molecule has 0 N–H and O–H groups in total. The van der Waals surface area contributed by atoms with E-state index in [-0.39, 0.29) is 0 Å². The molecule has 1 aliphatic heterocycles. The maximum atomic E-state index is 2.14. The van der Waals surface area contributed by atoms with Gasteiger partial charge in [0.15, 0.2) is 0 Å². The van der Waals surface area contributed by atoms with E-state index in [9.17, 15) is 0 Å². The van der Waals surface area contributed by atoms with E-state index < -0.39 is 0 Å². The number of rotatable bonds is 0. The fourth-order valence-electron chi connectivity index (χ4n) is 0.0962. The third-order valence-electron chi connectivity index (χ3n) is 0.385. The van der Waals surface area contributed by atoms with Crippen LogP contribution < -0.4 is 0 Å². The molecule has 0 aromatic rings. The first-order valence-electron chi connectivity index (χ1n) is 1.27. The van der Waals surface area contributed by atoms with Crippen molar-refractivity contribution in [2.75, 3.05) is 5.75 Å². The van der Waals surface area contributed by atoms with Gasteiger partial charge in [0.25, 0.3) is 0 Å². The molecule has 1 aliphatic rings. The molecular formula is C2H3BS. The van der Waals surface area contributed by atoms with Gasteiger partial charge in [-0.15, -0.1) is 0 Å². The average Bonchev–Trinajstić information content (AvgIpc) is 0.722. The predicted octanol–water partition coefficient (Wildman–Crippen LogP) is 0.155. The molecule has 20 valence electrons. The Kier molecular flexibility index (Phi) is 0.588. The Hall–Kier alpha value is 0.285. The molecule has 0 bridgehead atoms. The van der Waals surface area contributed by atoms with Crippen LogP contribution in [0.2, 0.25) is 0 Å². The first-order chi connectivity index (χ1) is 2.00. The monoisotopic (exact) mass is 70.0 g/mol. The predicted molar refractivity (Wildman–Crippen MR) is 24.3 cm³/mol. The Morgan fingerprint density at radius 1 is 2.00 bits per heavy atom. The second kappa shape index (κ2) is 0.934. The fourth-order valence-corrected chi connectivity index (χ4v) is 0.289. The van der Waals surface area contributed by atoms with Gasteiger partial charge in [0.2, 0.25) is 0 Å². The summed E-state index contributed by atoms with van der Waals surface area (Å²) in [5.74, 6) is 3.38. The first kappa shape index (κ1) is 2.52. The van der Waals surface area contributed by atoms with Crippen LogP contribution in [0.4, 0.5) is 0 Å². The van der Waals surface area contributed by atoms with Crippen molar-refractivity contribution in [3.8, 4) is 0 Å². The van der Waals surface area contributed by atoms with Gasteiger partial charge in [0.05, 0.1) is 0 Å². The van der Waals surface area contributed by atoms with Gasteiger partial charge in [-0.3, -0.25) is 0 Å². The summed E-state index contributed by atoms with van der Waals surface area (Å²) < 4.78 is 0. The van der Waals surface area contributed by atoms with E-state index in [0.717, 1.165) is 0 Å². The van der Waals surface area contributed by atoms with Crippen molar-refractivity contribution in [2.24, 2.45) is 0 Å². The molecule has 1 rings (SSSR count). The average molecular weight is 69.9 g/mol. The van der Waals surface area contributed by atoms with Crippen LogP contribution >= 0.6 is 11.6 Å². The van der Waals surface area contributed by atoms with E-state index in [1.54, 1.807) is 0 Å². The summed E-state index contributed by atoms with van der Waals surface area (Å²) in [7, 11) is 0. The van der Waals surface area contributed by atoms with Crippen molar-refractivity contribution in [3.05, 3.63) is 0 Å². The van der Waals surface area contributed by atoms with Crippen molar-refractivity contribution in [1.29, 1.82) is 0 Å². The van der Waals surface area contributed by atoms with E-state index in [1.807, 2.05) is 11.6 Å². The summed E-state index contributed by atoms with van der Waals surface area (Å²) in [6.45, 7) is 0. The van der Waals surface area contributed by atoms with E-state index in [4.69, 9.17) is 0 Å². The van der Waals surface area contributed by atoms with Crippen molar-refractivity contribution < 1.29 is 0 Å². The Morgan fingerprint density at radius 2 is 2.25 bits per heavy atom. The van der Waals surface area contributed by atoms with E-state index in [1.165, 1.54) is 5.75 Å². The summed E-state index contributed by atoms with van der Waals surface area (Å²) in [5.41, 5.74) is 0. The second-order valence-electron chi connectivity index (χ2n) is 0.705. The van der Waals surface area contributed by atoms with Crippen LogP contribution in [-0.2, 0) is 0 Å². The molecule has 0 saturated carbocycles. The molecule has 0 aromatic heterocycles. The summed E-state index contributed by atoms with van der Waals surface area (Å²) >= 11 is 1.86. The van der Waals surface area contributed by atoms with E-state index in [2.05, 4.69) is 12.2 Å². The van der Waals surface area contributed by atoms with Crippen molar-refractivity contribution in [3.63, 3.8) is 0 Å². The second-order valence-corrected chi connectivity index (χ2v) is 1.64. The molecule has 4 heavy (non-hydrogen) atoms. The Balaban J connectivity index is 2.47. The van der Waals surface area contributed by atoms with Crippen molar-refractivity contribution >= 4 is 23.8 Å². The van der Waals surface area contributed by atoms with Crippen LogP contribution in [0.15, 0.2) is 0 Å². The van der Waals surface area contributed by atoms with E-state index in [0.29, 0.717) is 0 Å². The zero-order valence-corrected chi connectivity index (χ0v) is 3.09. The van der Waals surface area contributed by atoms with Gasteiger partial charge in [-0.25, -0.2) is 0 Å². The Morgan fingerprint density at radius 3 is 2.25 bits per heavy atom. The number of hydrogen-bond acceptors (Lipinski definition) is 1. The summed E-state index contributed by atoms with van der Waals surface area (Å²) in [6, 6.07) is 0. The maximum absolute atomic E-state index is 2.14. The van der Waals surface area contributed by atoms with Crippen LogP contribution in [-0.4, -0.2) is 17.9 Å². The third-order valence-corrected chi connectivity index (χ3v) is 1.15. The standard InChI is InChI=1S/C2H3BS/c1-2-4-3-1/h1H,2H2. The van der Waals surface area contributed by atoms with Crippen LogP contribution in [0, 0.1) is 0 Å². The molecule has 0 saturated heterocycles. The van der Waals surface area contributed by atoms with Crippen molar-refractivity contribution in [2.45, 2.75) is 0 Å². The molecule has 2 heteroatoms. The molecule has 1 heterocycles. The van der Waals surface area contributed by atoms with Gasteiger partial charge < -0.3 is 0 Å². The molecule has 0 aliphatic carbocycles. The summed E-state index contributed by atoms with van der Waals surface area (Å²) in [4.78, 5) is 0. The summed E-state index contributed by atoms with van der Waals surface area (Å²) in [6.07, 6.45) is 2.10. The minimum atomic E-state index is 1.24. The van der Waals surface area contributed by atoms with Crippen LogP contribution in [0.5, 0.6) is 0 Å².